The number of rotatable bonds is 5. The van der Waals surface area contributed by atoms with E-state index in [9.17, 15) is 28.3 Å². The third-order valence-electron chi connectivity index (χ3n) is 5.86. The number of nitrogens with zero attached hydrogens (tertiary/aromatic N) is 1. The van der Waals surface area contributed by atoms with E-state index in [1.54, 1.807) is 18.4 Å². The molecule has 4 rings (SSSR count). The molecule has 0 radical (unpaired) electrons. The fraction of sp³-hybridized carbons (Fsp3) is 0.381. The van der Waals surface area contributed by atoms with E-state index in [2.05, 4.69) is 10.6 Å². The standard InChI is InChI=1S/C21H20F2IN3O4S/c1-10-15(17(28)19(30)26-20(2)9-32-21(20,24)31)14-4-3-7-27(14)16(10)18(29)25-11-5-6-12(22)13(23)8-11/h5-6,8,31H,3-4,7,9H2,1-2H3,(H,25,29)(H,26,30)/t20-,21?/m1/s1. The van der Waals surface area contributed by atoms with E-state index >= 15 is 0 Å². The highest BCUT2D eigenvalue weighted by molar-refractivity contribution is 14.1. The van der Waals surface area contributed by atoms with Gasteiger partial charge in [-0.1, -0.05) is 0 Å². The van der Waals surface area contributed by atoms with E-state index in [1.165, 1.54) is 17.8 Å². The van der Waals surface area contributed by atoms with E-state index in [-0.39, 0.29) is 16.9 Å². The maximum atomic E-state index is 13.5. The molecule has 1 fully saturated rings. The highest BCUT2D eigenvalue weighted by atomic mass is 127. The van der Waals surface area contributed by atoms with Crippen LogP contribution in [0, 0.1) is 18.6 Å². The van der Waals surface area contributed by atoms with Crippen LogP contribution in [0.3, 0.4) is 0 Å². The maximum Gasteiger partial charge on any atom is 0.293 e. The lowest BCUT2D eigenvalue weighted by Crippen LogP contribution is -2.67. The number of nitrogens with one attached hydrogen (secondary N) is 2. The van der Waals surface area contributed by atoms with Gasteiger partial charge in [0.25, 0.3) is 17.6 Å². The number of hydrogen-bond donors (Lipinski definition) is 3. The Morgan fingerprint density at radius 2 is 1.97 bits per heavy atom. The van der Waals surface area contributed by atoms with Crippen LogP contribution >= 0.6 is 34.4 Å². The topological polar surface area (TPSA) is 100 Å². The molecule has 0 bridgehead atoms. The maximum absolute atomic E-state index is 13.5. The average molecular weight is 575 g/mol. The zero-order chi connectivity index (χ0) is 23.4. The lowest BCUT2D eigenvalue weighted by atomic mass is 10.00. The number of thioether (sulfide) groups is 1. The van der Waals surface area contributed by atoms with Crippen molar-refractivity contribution in [2.45, 2.75) is 41.7 Å². The predicted octanol–water partition coefficient (Wildman–Crippen LogP) is 3.16. The van der Waals surface area contributed by atoms with Crippen LogP contribution in [0.4, 0.5) is 14.5 Å². The molecule has 0 saturated carbocycles. The number of carbonyl (C=O) groups is 3. The molecule has 3 N–H and O–H groups in total. The van der Waals surface area contributed by atoms with Crippen molar-refractivity contribution in [2.24, 2.45) is 0 Å². The van der Waals surface area contributed by atoms with Gasteiger partial charge in [-0.2, -0.15) is 0 Å². The molecule has 11 heteroatoms. The second-order valence-corrected chi connectivity index (χ2v) is 11.6. The van der Waals surface area contributed by atoms with Gasteiger partial charge < -0.3 is 20.3 Å². The van der Waals surface area contributed by atoms with Gasteiger partial charge in [0, 0.05) is 29.7 Å². The van der Waals surface area contributed by atoms with Crippen molar-refractivity contribution in [2.75, 3.05) is 11.1 Å². The molecule has 170 valence electrons. The van der Waals surface area contributed by atoms with Crippen LogP contribution in [-0.2, 0) is 17.8 Å². The molecule has 1 aromatic heterocycles. The van der Waals surface area contributed by atoms with E-state index < -0.39 is 37.7 Å². The lowest BCUT2D eigenvalue weighted by molar-refractivity contribution is -0.119. The monoisotopic (exact) mass is 575 g/mol. The second-order valence-electron chi connectivity index (χ2n) is 8.10. The lowest BCUT2D eigenvalue weighted by Gasteiger charge is -2.49. The number of alkyl halides is 1. The van der Waals surface area contributed by atoms with Gasteiger partial charge in [0.1, 0.15) is 5.69 Å². The number of ketones is 1. The van der Waals surface area contributed by atoms with Gasteiger partial charge >= 0.3 is 0 Å². The quantitative estimate of drug-likeness (QED) is 0.220. The zero-order valence-corrected chi connectivity index (χ0v) is 20.2. The number of carbonyl (C=O) groups excluding carboxylic acids is 3. The molecule has 0 aliphatic carbocycles. The van der Waals surface area contributed by atoms with Gasteiger partial charge in [0.05, 0.1) is 11.1 Å². The average Bonchev–Trinajstić information content (AvgIpc) is 3.28. The molecule has 2 aromatic rings. The van der Waals surface area contributed by atoms with Crippen molar-refractivity contribution in [1.29, 1.82) is 0 Å². The molecule has 1 unspecified atom stereocenters. The van der Waals surface area contributed by atoms with E-state index in [1.807, 2.05) is 22.6 Å². The van der Waals surface area contributed by atoms with Crippen LogP contribution in [0.5, 0.6) is 0 Å². The number of anilines is 1. The molecule has 2 aliphatic rings. The predicted molar refractivity (Wildman–Crippen MR) is 124 cm³/mol. The summed E-state index contributed by atoms with van der Waals surface area (Å²) in [5.74, 6) is -3.87. The Bertz CT molecular complexity index is 1170. The Hall–Kier alpha value is -1.99. The Labute approximate surface area is 200 Å². The van der Waals surface area contributed by atoms with Crippen molar-refractivity contribution in [1.82, 2.24) is 9.88 Å². The highest BCUT2D eigenvalue weighted by Gasteiger charge is 2.56. The van der Waals surface area contributed by atoms with Gasteiger partial charge in [-0.25, -0.2) is 8.78 Å². The van der Waals surface area contributed by atoms with Crippen LogP contribution in [0.1, 0.15) is 45.4 Å². The smallest absolute Gasteiger partial charge is 0.293 e. The van der Waals surface area contributed by atoms with Crippen molar-refractivity contribution in [3.8, 4) is 0 Å². The molecule has 3 heterocycles. The van der Waals surface area contributed by atoms with Crippen LogP contribution in [0.25, 0.3) is 0 Å². The number of hydrogen-bond acceptors (Lipinski definition) is 5. The largest absolute Gasteiger partial charge is 0.369 e. The number of amides is 2. The molecule has 1 aromatic carbocycles. The SMILES string of the molecule is Cc1c(C(=O)C(=O)N[C@]2(C)CSC2(O)I)c2n(c1C(=O)Nc1ccc(F)c(F)c1)CCC2. The van der Waals surface area contributed by atoms with E-state index in [0.29, 0.717) is 36.4 Å². The summed E-state index contributed by atoms with van der Waals surface area (Å²) in [7, 11) is 0. The minimum absolute atomic E-state index is 0.0733. The summed E-state index contributed by atoms with van der Waals surface area (Å²) in [6, 6.07) is 3.02. The summed E-state index contributed by atoms with van der Waals surface area (Å²) in [4.78, 5) is 38.8. The van der Waals surface area contributed by atoms with Crippen LogP contribution in [0.2, 0.25) is 0 Å². The number of halogens is 3. The first-order valence-electron chi connectivity index (χ1n) is 9.85. The fourth-order valence-electron chi connectivity index (χ4n) is 4.02. The van der Waals surface area contributed by atoms with E-state index in [0.717, 1.165) is 12.1 Å². The Morgan fingerprint density at radius 3 is 2.56 bits per heavy atom. The minimum atomic E-state index is -1.21. The van der Waals surface area contributed by atoms with Crippen LogP contribution in [0.15, 0.2) is 18.2 Å². The van der Waals surface area contributed by atoms with Crippen LogP contribution in [-0.4, -0.2) is 41.5 Å². The summed E-state index contributed by atoms with van der Waals surface area (Å²) in [6.07, 6.45) is 1.22. The Kier molecular flexibility index (Phi) is 5.87. The number of benzene rings is 1. The summed E-state index contributed by atoms with van der Waals surface area (Å²) >= 11 is 3.09. The first-order chi connectivity index (χ1) is 14.9. The Balaban J connectivity index is 1.63. The van der Waals surface area contributed by atoms with Gasteiger partial charge in [-0.05, 0) is 67.0 Å². The van der Waals surface area contributed by atoms with Gasteiger partial charge in [-0.3, -0.25) is 14.4 Å². The van der Waals surface area contributed by atoms with Gasteiger partial charge in [0.15, 0.2) is 14.6 Å². The molecule has 2 aliphatic heterocycles. The highest BCUT2D eigenvalue weighted by Crippen LogP contribution is 2.51. The summed E-state index contributed by atoms with van der Waals surface area (Å²) in [6.45, 7) is 3.74. The number of aliphatic hydroxyl groups is 1. The molecular formula is C21H20F2IN3O4S. The number of fused-ring (bicyclic) bond motifs is 1. The molecule has 2 atom stereocenters. The molecule has 7 nitrogen and oxygen atoms in total. The number of aromatic nitrogens is 1. The summed E-state index contributed by atoms with van der Waals surface area (Å²) < 4.78 is 27.2. The molecule has 32 heavy (non-hydrogen) atoms. The first-order valence-corrected chi connectivity index (χ1v) is 11.9. The Morgan fingerprint density at radius 1 is 1.25 bits per heavy atom. The third kappa shape index (κ3) is 3.73. The fourth-order valence-corrected chi connectivity index (χ4v) is 6.03. The van der Waals surface area contributed by atoms with E-state index in [4.69, 9.17) is 0 Å². The first kappa shape index (κ1) is 23.2. The summed E-state index contributed by atoms with van der Waals surface area (Å²) in [5.41, 5.74) is 0.435. The van der Waals surface area contributed by atoms with Crippen molar-refractivity contribution in [3.05, 3.63) is 52.3 Å². The zero-order valence-electron chi connectivity index (χ0n) is 17.2. The van der Waals surface area contributed by atoms with Gasteiger partial charge in [-0.15, -0.1) is 11.8 Å². The van der Waals surface area contributed by atoms with Crippen molar-refractivity contribution < 1.29 is 28.3 Å². The molecule has 2 amide bonds. The molecule has 0 spiro atoms. The second kappa shape index (κ2) is 8.10. The van der Waals surface area contributed by atoms with Crippen molar-refractivity contribution >= 4 is 57.6 Å². The minimum Gasteiger partial charge on any atom is -0.369 e. The normalized spacial score (nSPS) is 23.9. The van der Waals surface area contributed by atoms with Crippen molar-refractivity contribution in [3.63, 3.8) is 0 Å². The number of Topliss-reactive ketones (excluding diaryl/α,β-unsaturated/α-hetero) is 1. The molecular weight excluding hydrogens is 555 g/mol. The summed E-state index contributed by atoms with van der Waals surface area (Å²) in [5, 5.41) is 15.5. The molecule has 1 saturated heterocycles. The van der Waals surface area contributed by atoms with Crippen LogP contribution < -0.4 is 10.6 Å². The third-order valence-corrected chi connectivity index (χ3v) is 9.54. The van der Waals surface area contributed by atoms with Gasteiger partial charge in [0.2, 0.25) is 0 Å².